The fourth-order valence-electron chi connectivity index (χ4n) is 2.94. The van der Waals surface area contributed by atoms with Crippen molar-refractivity contribution in [3.8, 4) is 0 Å². The molecular formula is C16H25ClN2O. The highest BCUT2D eigenvalue weighted by Gasteiger charge is 2.28. The van der Waals surface area contributed by atoms with Gasteiger partial charge in [-0.25, -0.2) is 0 Å². The van der Waals surface area contributed by atoms with E-state index in [1.54, 1.807) is 0 Å². The van der Waals surface area contributed by atoms with Gasteiger partial charge in [-0.05, 0) is 32.4 Å². The van der Waals surface area contributed by atoms with Crippen LogP contribution in [-0.4, -0.2) is 42.2 Å². The van der Waals surface area contributed by atoms with E-state index in [9.17, 15) is 5.11 Å². The van der Waals surface area contributed by atoms with Gasteiger partial charge in [-0.2, -0.15) is 0 Å². The Hall–Kier alpha value is -0.610. The van der Waals surface area contributed by atoms with Crippen molar-refractivity contribution < 1.29 is 5.11 Å². The third-order valence-electron chi connectivity index (χ3n) is 4.45. The van der Waals surface area contributed by atoms with Gasteiger partial charge in [-0.15, -0.1) is 0 Å². The lowest BCUT2D eigenvalue weighted by molar-refractivity contribution is 0.106. The van der Waals surface area contributed by atoms with Crippen molar-refractivity contribution in [2.45, 2.75) is 38.5 Å². The molecule has 1 aliphatic heterocycles. The molecule has 4 heteroatoms. The van der Waals surface area contributed by atoms with Gasteiger partial charge in [0.1, 0.15) is 0 Å². The lowest BCUT2D eigenvalue weighted by Crippen LogP contribution is -2.51. The zero-order valence-electron chi connectivity index (χ0n) is 12.5. The van der Waals surface area contributed by atoms with Crippen molar-refractivity contribution in [2.75, 3.05) is 20.1 Å². The van der Waals surface area contributed by atoms with Crippen LogP contribution in [0.4, 0.5) is 0 Å². The molecule has 2 N–H and O–H groups in total. The van der Waals surface area contributed by atoms with Crippen LogP contribution in [0.1, 0.15) is 31.9 Å². The number of benzene rings is 1. The van der Waals surface area contributed by atoms with Gasteiger partial charge < -0.3 is 15.3 Å². The fraction of sp³-hybridized carbons (Fsp3) is 0.625. The second-order valence-electron chi connectivity index (χ2n) is 6.05. The zero-order chi connectivity index (χ0) is 14.7. The van der Waals surface area contributed by atoms with Gasteiger partial charge in [-0.3, -0.25) is 0 Å². The van der Waals surface area contributed by atoms with Crippen LogP contribution < -0.4 is 5.32 Å². The molecule has 0 saturated carbocycles. The summed E-state index contributed by atoms with van der Waals surface area (Å²) in [7, 11) is 2.18. The number of aliphatic hydroxyl groups is 1. The largest absolute Gasteiger partial charge is 0.387 e. The molecule has 1 fully saturated rings. The summed E-state index contributed by atoms with van der Waals surface area (Å²) in [5.74, 6) is 0.592. The molecule has 0 aromatic heterocycles. The molecule has 2 rings (SSSR count). The summed E-state index contributed by atoms with van der Waals surface area (Å²) in [6.45, 7) is 6.17. The molecule has 112 valence electrons. The van der Waals surface area contributed by atoms with Crippen LogP contribution in [0.3, 0.4) is 0 Å². The molecule has 3 nitrogen and oxygen atoms in total. The van der Waals surface area contributed by atoms with E-state index in [1.165, 1.54) is 0 Å². The lowest BCUT2D eigenvalue weighted by Gasteiger charge is -2.40. The summed E-state index contributed by atoms with van der Waals surface area (Å²) in [4.78, 5) is 2.40. The maximum absolute atomic E-state index is 10.3. The van der Waals surface area contributed by atoms with Crippen LogP contribution in [0.25, 0.3) is 0 Å². The SMILES string of the molecule is CC1CN(C)C(C)CC1NCC(O)c1ccccc1Cl. The van der Waals surface area contributed by atoms with E-state index in [0.29, 0.717) is 29.6 Å². The van der Waals surface area contributed by atoms with Gasteiger partial charge in [0.25, 0.3) is 0 Å². The summed E-state index contributed by atoms with van der Waals surface area (Å²) >= 11 is 6.12. The molecule has 4 atom stereocenters. The molecule has 0 bridgehead atoms. The number of hydrogen-bond acceptors (Lipinski definition) is 3. The summed E-state index contributed by atoms with van der Waals surface area (Å²) < 4.78 is 0. The molecule has 1 heterocycles. The Balaban J connectivity index is 1.90. The molecule has 20 heavy (non-hydrogen) atoms. The fourth-order valence-corrected chi connectivity index (χ4v) is 3.21. The number of nitrogens with one attached hydrogen (secondary N) is 1. The Morgan fingerprint density at radius 1 is 1.40 bits per heavy atom. The van der Waals surface area contributed by atoms with Crippen molar-refractivity contribution in [3.63, 3.8) is 0 Å². The summed E-state index contributed by atoms with van der Waals surface area (Å²) in [5.41, 5.74) is 0.801. The van der Waals surface area contributed by atoms with E-state index in [2.05, 4.69) is 31.1 Å². The van der Waals surface area contributed by atoms with E-state index >= 15 is 0 Å². The first kappa shape index (κ1) is 15.8. The lowest BCUT2D eigenvalue weighted by atomic mass is 9.89. The van der Waals surface area contributed by atoms with Crippen LogP contribution in [0, 0.1) is 5.92 Å². The van der Waals surface area contributed by atoms with Crippen molar-refractivity contribution >= 4 is 11.6 Å². The number of nitrogens with zero attached hydrogens (tertiary/aromatic N) is 1. The van der Waals surface area contributed by atoms with Crippen molar-refractivity contribution in [3.05, 3.63) is 34.9 Å². The Kier molecular flexibility index (Phi) is 5.44. The third-order valence-corrected chi connectivity index (χ3v) is 4.79. The van der Waals surface area contributed by atoms with Crippen molar-refractivity contribution in [2.24, 2.45) is 5.92 Å². The van der Waals surface area contributed by atoms with Crippen LogP contribution in [0.5, 0.6) is 0 Å². The van der Waals surface area contributed by atoms with Gasteiger partial charge in [0.05, 0.1) is 6.10 Å². The minimum atomic E-state index is -0.550. The number of rotatable bonds is 4. The Morgan fingerprint density at radius 3 is 2.80 bits per heavy atom. The predicted molar refractivity (Wildman–Crippen MR) is 84.1 cm³/mol. The average Bonchev–Trinajstić information content (AvgIpc) is 2.41. The molecule has 1 aromatic rings. The third kappa shape index (κ3) is 3.73. The first-order valence-electron chi connectivity index (χ1n) is 7.35. The van der Waals surface area contributed by atoms with E-state index in [1.807, 2.05) is 24.3 Å². The second kappa shape index (κ2) is 6.90. The molecule has 1 aromatic carbocycles. The number of aliphatic hydroxyl groups excluding tert-OH is 1. The predicted octanol–water partition coefficient (Wildman–Crippen LogP) is 2.69. The molecule has 0 aliphatic carbocycles. The van der Waals surface area contributed by atoms with Crippen LogP contribution in [0.15, 0.2) is 24.3 Å². The monoisotopic (exact) mass is 296 g/mol. The summed E-state index contributed by atoms with van der Waals surface area (Å²) in [6, 6.07) is 8.53. The maximum Gasteiger partial charge on any atom is 0.0928 e. The Bertz CT molecular complexity index is 440. The Morgan fingerprint density at radius 2 is 2.10 bits per heavy atom. The highest BCUT2D eigenvalue weighted by atomic mass is 35.5. The summed E-state index contributed by atoms with van der Waals surface area (Å²) in [5, 5.41) is 14.4. The number of halogens is 1. The maximum atomic E-state index is 10.3. The average molecular weight is 297 g/mol. The molecule has 1 aliphatic rings. The van der Waals surface area contributed by atoms with Gasteiger partial charge in [0.2, 0.25) is 0 Å². The van der Waals surface area contributed by atoms with Crippen molar-refractivity contribution in [1.29, 1.82) is 0 Å². The Labute approximate surface area is 126 Å². The molecule has 1 saturated heterocycles. The van der Waals surface area contributed by atoms with E-state index in [-0.39, 0.29) is 0 Å². The quantitative estimate of drug-likeness (QED) is 0.897. The minimum absolute atomic E-state index is 0.457. The normalized spacial score (nSPS) is 29.4. The number of hydrogen-bond donors (Lipinski definition) is 2. The minimum Gasteiger partial charge on any atom is -0.387 e. The van der Waals surface area contributed by atoms with E-state index < -0.39 is 6.10 Å². The number of likely N-dealkylation sites (tertiary alicyclic amines) is 1. The number of piperidine rings is 1. The van der Waals surface area contributed by atoms with Crippen molar-refractivity contribution in [1.82, 2.24) is 10.2 Å². The topological polar surface area (TPSA) is 35.5 Å². The van der Waals surface area contributed by atoms with E-state index in [0.717, 1.165) is 18.5 Å². The molecule has 0 radical (unpaired) electrons. The zero-order valence-corrected chi connectivity index (χ0v) is 13.3. The standard InChI is InChI=1S/C16H25ClN2O/c1-11-10-19(3)12(2)8-15(11)18-9-16(20)13-6-4-5-7-14(13)17/h4-7,11-12,15-16,18,20H,8-10H2,1-3H3. The smallest absolute Gasteiger partial charge is 0.0928 e. The highest BCUT2D eigenvalue weighted by Crippen LogP contribution is 2.24. The van der Waals surface area contributed by atoms with Gasteiger partial charge in [0.15, 0.2) is 0 Å². The first-order chi connectivity index (χ1) is 9.49. The van der Waals surface area contributed by atoms with Crippen LogP contribution in [0.2, 0.25) is 5.02 Å². The van der Waals surface area contributed by atoms with Crippen LogP contribution >= 0.6 is 11.6 Å². The van der Waals surface area contributed by atoms with Gasteiger partial charge in [0, 0.05) is 35.8 Å². The van der Waals surface area contributed by atoms with Gasteiger partial charge >= 0.3 is 0 Å². The molecular weight excluding hydrogens is 272 g/mol. The molecule has 0 amide bonds. The van der Waals surface area contributed by atoms with Crippen LogP contribution in [-0.2, 0) is 0 Å². The summed E-state index contributed by atoms with van der Waals surface area (Å²) in [6.07, 6.45) is 0.568. The highest BCUT2D eigenvalue weighted by molar-refractivity contribution is 6.31. The molecule has 4 unspecified atom stereocenters. The molecule has 0 spiro atoms. The first-order valence-corrected chi connectivity index (χ1v) is 7.73. The van der Waals surface area contributed by atoms with E-state index in [4.69, 9.17) is 11.6 Å². The second-order valence-corrected chi connectivity index (χ2v) is 6.46. The van der Waals surface area contributed by atoms with Gasteiger partial charge in [-0.1, -0.05) is 36.7 Å².